The van der Waals surface area contributed by atoms with Crippen molar-refractivity contribution in [1.82, 2.24) is 10.7 Å². The fraction of sp³-hybridized carbons (Fsp3) is 0.680. The maximum Gasteiger partial charge on any atom is 0.186 e. The van der Waals surface area contributed by atoms with Gasteiger partial charge >= 0.3 is 0 Å². The summed E-state index contributed by atoms with van der Waals surface area (Å²) in [6.07, 6.45) is 21.0. The van der Waals surface area contributed by atoms with Gasteiger partial charge in [-0.1, -0.05) is 90.4 Å². The van der Waals surface area contributed by atoms with Crippen LogP contribution in [0.4, 0.5) is 0 Å². The third-order valence-corrected chi connectivity index (χ3v) is 5.55. The second-order valence-corrected chi connectivity index (χ2v) is 8.40. The lowest BCUT2D eigenvalue weighted by atomic mass is 10.0. The van der Waals surface area contributed by atoms with E-state index >= 15 is 0 Å². The predicted octanol–water partition coefficient (Wildman–Crippen LogP) is 6.97. The number of unbranched alkanes of at least 4 members (excludes halogenated alkanes) is 13. The number of ether oxygens (including phenoxy) is 1. The molecule has 1 aromatic carbocycles. The molecule has 0 aliphatic heterocycles. The molecular formula is C25H43N3OS. The van der Waals surface area contributed by atoms with Crippen LogP contribution in [0.1, 0.15) is 102 Å². The standard InChI is InChI=1S/C25H43N3OS/c1-3-4-5-6-7-8-9-10-11-12-13-14-15-16-21-26-25(30)28-27-22-23-17-19-24(29-2)20-18-23/h17-20,22H,3-16,21H2,1-2H3,(H2,26,28,30). The molecule has 4 nitrogen and oxygen atoms in total. The number of hydrazone groups is 1. The second-order valence-electron chi connectivity index (χ2n) is 8.00. The zero-order valence-electron chi connectivity index (χ0n) is 19.3. The molecule has 1 rings (SSSR count). The third-order valence-electron chi connectivity index (χ3n) is 5.31. The molecule has 0 spiro atoms. The van der Waals surface area contributed by atoms with Gasteiger partial charge in [-0.15, -0.1) is 0 Å². The number of benzene rings is 1. The van der Waals surface area contributed by atoms with Crippen LogP contribution in [0.5, 0.6) is 5.75 Å². The van der Waals surface area contributed by atoms with Crippen LogP contribution in [0.15, 0.2) is 29.4 Å². The van der Waals surface area contributed by atoms with Crippen LogP contribution in [0.25, 0.3) is 0 Å². The van der Waals surface area contributed by atoms with E-state index in [4.69, 9.17) is 17.0 Å². The minimum Gasteiger partial charge on any atom is -0.497 e. The molecule has 0 unspecified atom stereocenters. The fourth-order valence-electron chi connectivity index (χ4n) is 3.42. The summed E-state index contributed by atoms with van der Waals surface area (Å²) in [5, 5.41) is 7.96. The Morgan fingerprint density at radius 3 is 1.83 bits per heavy atom. The highest BCUT2D eigenvalue weighted by atomic mass is 32.1. The van der Waals surface area contributed by atoms with Crippen LogP contribution in [-0.4, -0.2) is 25.0 Å². The summed E-state index contributed by atoms with van der Waals surface area (Å²) in [5.41, 5.74) is 3.87. The van der Waals surface area contributed by atoms with Crippen molar-refractivity contribution in [2.75, 3.05) is 13.7 Å². The first-order valence-electron chi connectivity index (χ1n) is 12.0. The van der Waals surface area contributed by atoms with Crippen molar-refractivity contribution in [3.05, 3.63) is 29.8 Å². The smallest absolute Gasteiger partial charge is 0.186 e. The van der Waals surface area contributed by atoms with Crippen molar-refractivity contribution in [2.45, 2.75) is 96.8 Å². The highest BCUT2D eigenvalue weighted by Gasteiger charge is 1.96. The molecule has 0 saturated heterocycles. The summed E-state index contributed by atoms with van der Waals surface area (Å²) < 4.78 is 5.14. The topological polar surface area (TPSA) is 45.7 Å². The van der Waals surface area contributed by atoms with Gasteiger partial charge in [0.25, 0.3) is 0 Å². The van der Waals surface area contributed by atoms with Gasteiger partial charge in [0, 0.05) is 6.54 Å². The molecule has 0 aromatic heterocycles. The molecule has 0 aliphatic carbocycles. The van der Waals surface area contributed by atoms with Crippen LogP contribution in [-0.2, 0) is 0 Å². The van der Waals surface area contributed by atoms with E-state index in [0.717, 1.165) is 24.3 Å². The molecule has 0 heterocycles. The van der Waals surface area contributed by atoms with E-state index in [9.17, 15) is 0 Å². The number of hydrogen-bond donors (Lipinski definition) is 2. The van der Waals surface area contributed by atoms with E-state index in [1.165, 1.54) is 83.5 Å². The van der Waals surface area contributed by atoms with Crippen LogP contribution in [0.2, 0.25) is 0 Å². The fourth-order valence-corrected chi connectivity index (χ4v) is 3.57. The maximum atomic E-state index is 5.25. The van der Waals surface area contributed by atoms with Crippen LogP contribution in [0.3, 0.4) is 0 Å². The van der Waals surface area contributed by atoms with Gasteiger partial charge in [-0.3, -0.25) is 5.43 Å². The van der Waals surface area contributed by atoms with Crippen molar-refractivity contribution in [3.8, 4) is 5.75 Å². The summed E-state index contributed by atoms with van der Waals surface area (Å²) >= 11 is 5.25. The van der Waals surface area contributed by atoms with Crippen molar-refractivity contribution in [1.29, 1.82) is 0 Å². The third kappa shape index (κ3) is 15.3. The van der Waals surface area contributed by atoms with E-state index < -0.39 is 0 Å². The second kappa shape index (κ2) is 19.3. The molecule has 0 radical (unpaired) electrons. The van der Waals surface area contributed by atoms with Gasteiger partial charge in [0.2, 0.25) is 0 Å². The SMILES string of the molecule is CCCCCCCCCCCCCCCCNC(=S)NN=Cc1ccc(OC)cc1. The monoisotopic (exact) mass is 433 g/mol. The molecule has 170 valence electrons. The Kier molecular flexibility index (Phi) is 17.0. The zero-order valence-corrected chi connectivity index (χ0v) is 20.1. The highest BCUT2D eigenvalue weighted by Crippen LogP contribution is 2.13. The van der Waals surface area contributed by atoms with Crippen LogP contribution >= 0.6 is 12.2 Å². The first kappa shape index (κ1) is 26.4. The molecule has 0 atom stereocenters. The maximum absolute atomic E-state index is 5.25. The highest BCUT2D eigenvalue weighted by molar-refractivity contribution is 7.80. The number of nitrogens with one attached hydrogen (secondary N) is 2. The van der Waals surface area contributed by atoms with Crippen LogP contribution in [0, 0.1) is 0 Å². The van der Waals surface area contributed by atoms with Gasteiger partial charge in [0.1, 0.15) is 5.75 Å². The summed E-state index contributed by atoms with van der Waals surface area (Å²) in [7, 11) is 1.66. The van der Waals surface area contributed by atoms with Gasteiger partial charge < -0.3 is 10.1 Å². The number of methoxy groups -OCH3 is 1. The first-order valence-corrected chi connectivity index (χ1v) is 12.4. The Balaban J connectivity index is 1.86. The minimum atomic E-state index is 0.578. The lowest BCUT2D eigenvalue weighted by Crippen LogP contribution is -2.32. The number of rotatable bonds is 18. The Morgan fingerprint density at radius 1 is 0.833 bits per heavy atom. The number of hydrogen-bond acceptors (Lipinski definition) is 3. The average Bonchev–Trinajstić information content (AvgIpc) is 2.77. The average molecular weight is 434 g/mol. The molecule has 0 aliphatic rings. The number of thiocarbonyl (C=S) groups is 1. The largest absolute Gasteiger partial charge is 0.497 e. The molecule has 30 heavy (non-hydrogen) atoms. The first-order chi connectivity index (χ1) is 14.8. The Hall–Kier alpha value is -1.62. The summed E-state index contributed by atoms with van der Waals surface area (Å²) in [4.78, 5) is 0. The van der Waals surface area contributed by atoms with Crippen molar-refractivity contribution < 1.29 is 4.74 Å². The molecule has 0 amide bonds. The van der Waals surface area contributed by atoms with Gasteiger partial charge in [-0.05, 0) is 48.5 Å². The number of nitrogens with zero attached hydrogens (tertiary/aromatic N) is 1. The summed E-state index contributed by atoms with van der Waals surface area (Å²) in [6, 6.07) is 7.73. The molecule has 1 aromatic rings. The lowest BCUT2D eigenvalue weighted by molar-refractivity contribution is 0.415. The van der Waals surface area contributed by atoms with Gasteiger partial charge in [-0.2, -0.15) is 5.10 Å². The van der Waals surface area contributed by atoms with E-state index in [0.29, 0.717) is 5.11 Å². The molecule has 0 bridgehead atoms. The molecular weight excluding hydrogens is 390 g/mol. The quantitative estimate of drug-likeness (QED) is 0.113. The van der Waals surface area contributed by atoms with Crippen molar-refractivity contribution in [3.63, 3.8) is 0 Å². The molecule has 0 fully saturated rings. The Labute approximate surface area is 190 Å². The van der Waals surface area contributed by atoms with Gasteiger partial charge in [0.15, 0.2) is 5.11 Å². The molecule has 2 N–H and O–H groups in total. The normalized spacial score (nSPS) is 11.0. The predicted molar refractivity (Wildman–Crippen MR) is 135 cm³/mol. The zero-order chi connectivity index (χ0) is 21.7. The van der Waals surface area contributed by atoms with Gasteiger partial charge in [0.05, 0.1) is 13.3 Å². The van der Waals surface area contributed by atoms with E-state index in [-0.39, 0.29) is 0 Å². The van der Waals surface area contributed by atoms with E-state index in [2.05, 4.69) is 22.8 Å². The Bertz CT molecular complexity index is 560. The van der Waals surface area contributed by atoms with Crippen LogP contribution < -0.4 is 15.5 Å². The Morgan fingerprint density at radius 2 is 1.33 bits per heavy atom. The summed E-state index contributed by atoms with van der Waals surface area (Å²) in [5.74, 6) is 0.838. The van der Waals surface area contributed by atoms with E-state index in [1.54, 1.807) is 13.3 Å². The minimum absolute atomic E-state index is 0.578. The van der Waals surface area contributed by atoms with Crippen molar-refractivity contribution in [2.24, 2.45) is 5.10 Å². The lowest BCUT2D eigenvalue weighted by Gasteiger charge is -2.07. The summed E-state index contributed by atoms with van der Waals surface area (Å²) in [6.45, 7) is 3.19. The van der Waals surface area contributed by atoms with Gasteiger partial charge in [-0.25, -0.2) is 0 Å². The molecule has 0 saturated carbocycles. The van der Waals surface area contributed by atoms with E-state index in [1.807, 2.05) is 24.3 Å². The molecule has 5 heteroatoms. The van der Waals surface area contributed by atoms with Crippen molar-refractivity contribution >= 4 is 23.5 Å².